The van der Waals surface area contributed by atoms with Crippen LogP contribution in [0.3, 0.4) is 0 Å². The molecule has 1 N–H and O–H groups in total. The summed E-state index contributed by atoms with van der Waals surface area (Å²) in [4.78, 5) is 17.0. The van der Waals surface area contributed by atoms with E-state index in [-0.39, 0.29) is 18.4 Å². The SMILES string of the molecule is Cc1ccc(C(=O)N2CC(CO)C(CN3CCOCC3)C2)cc1Cl. The topological polar surface area (TPSA) is 53.0 Å². The number of aryl methyl sites for hydroxylation is 1. The van der Waals surface area contributed by atoms with Gasteiger partial charge in [0.15, 0.2) is 0 Å². The van der Waals surface area contributed by atoms with Gasteiger partial charge in [-0.05, 0) is 30.5 Å². The molecule has 0 saturated carbocycles. The molecule has 3 rings (SSSR count). The van der Waals surface area contributed by atoms with Gasteiger partial charge in [-0.15, -0.1) is 0 Å². The van der Waals surface area contributed by atoms with Crippen LogP contribution in [0.5, 0.6) is 0 Å². The van der Waals surface area contributed by atoms with Gasteiger partial charge < -0.3 is 14.7 Å². The molecular weight excluding hydrogens is 328 g/mol. The number of morpholine rings is 1. The van der Waals surface area contributed by atoms with Crippen molar-refractivity contribution < 1.29 is 14.6 Å². The Bertz CT molecular complexity index is 590. The minimum Gasteiger partial charge on any atom is -0.396 e. The van der Waals surface area contributed by atoms with Crippen molar-refractivity contribution in [2.75, 3.05) is 52.5 Å². The molecule has 1 aromatic carbocycles. The van der Waals surface area contributed by atoms with Crippen LogP contribution in [0.2, 0.25) is 5.02 Å². The van der Waals surface area contributed by atoms with E-state index in [1.54, 1.807) is 6.07 Å². The molecule has 0 aliphatic carbocycles. The van der Waals surface area contributed by atoms with Crippen LogP contribution in [0.15, 0.2) is 18.2 Å². The first kappa shape index (κ1) is 17.7. The summed E-state index contributed by atoms with van der Waals surface area (Å²) in [7, 11) is 0. The van der Waals surface area contributed by atoms with Crippen molar-refractivity contribution in [2.24, 2.45) is 11.8 Å². The van der Waals surface area contributed by atoms with Gasteiger partial charge in [0, 0.05) is 55.8 Å². The van der Waals surface area contributed by atoms with E-state index in [0.717, 1.165) is 38.4 Å². The number of hydrogen-bond acceptors (Lipinski definition) is 4. The number of aliphatic hydroxyl groups is 1. The van der Waals surface area contributed by atoms with Gasteiger partial charge in [0.05, 0.1) is 13.2 Å². The number of ether oxygens (including phenoxy) is 1. The zero-order chi connectivity index (χ0) is 17.1. The highest BCUT2D eigenvalue weighted by molar-refractivity contribution is 6.31. The molecule has 2 unspecified atom stereocenters. The normalized spacial score (nSPS) is 25.2. The van der Waals surface area contributed by atoms with Crippen molar-refractivity contribution >= 4 is 17.5 Å². The molecule has 1 aromatic rings. The van der Waals surface area contributed by atoms with Crippen LogP contribution >= 0.6 is 11.6 Å². The molecule has 0 bridgehead atoms. The lowest BCUT2D eigenvalue weighted by Gasteiger charge is -2.30. The molecule has 2 aliphatic rings. The van der Waals surface area contributed by atoms with Crippen molar-refractivity contribution in [1.82, 2.24) is 9.80 Å². The van der Waals surface area contributed by atoms with Crippen LogP contribution in [-0.4, -0.2) is 73.4 Å². The standard InChI is InChI=1S/C18H25ClN2O3/c1-13-2-3-14(8-17(13)19)18(23)21-10-15(16(11-21)12-22)9-20-4-6-24-7-5-20/h2-3,8,15-16,22H,4-7,9-12H2,1H3. The summed E-state index contributed by atoms with van der Waals surface area (Å²) in [5, 5.41) is 10.3. The number of carbonyl (C=O) groups is 1. The first-order valence-electron chi connectivity index (χ1n) is 8.55. The summed E-state index contributed by atoms with van der Waals surface area (Å²) in [6.07, 6.45) is 0. The number of halogens is 1. The summed E-state index contributed by atoms with van der Waals surface area (Å²) in [6.45, 7) is 7.63. The van der Waals surface area contributed by atoms with Gasteiger partial charge in [0.2, 0.25) is 0 Å². The van der Waals surface area contributed by atoms with Crippen molar-refractivity contribution in [3.63, 3.8) is 0 Å². The fourth-order valence-electron chi connectivity index (χ4n) is 3.54. The second-order valence-electron chi connectivity index (χ2n) is 6.79. The Kier molecular flexibility index (Phi) is 5.76. The maximum Gasteiger partial charge on any atom is 0.253 e. The third-order valence-corrected chi connectivity index (χ3v) is 5.52. The molecule has 5 nitrogen and oxygen atoms in total. The highest BCUT2D eigenvalue weighted by Crippen LogP contribution is 2.27. The highest BCUT2D eigenvalue weighted by Gasteiger charge is 2.36. The van der Waals surface area contributed by atoms with E-state index in [9.17, 15) is 9.90 Å². The number of amides is 1. The first-order chi connectivity index (χ1) is 11.6. The Hall–Kier alpha value is -1.14. The van der Waals surface area contributed by atoms with Crippen LogP contribution in [0, 0.1) is 18.8 Å². The third kappa shape index (κ3) is 3.91. The predicted molar refractivity (Wildman–Crippen MR) is 93.4 cm³/mol. The predicted octanol–water partition coefficient (Wildman–Crippen LogP) is 1.66. The molecule has 132 valence electrons. The van der Waals surface area contributed by atoms with Crippen molar-refractivity contribution in [3.05, 3.63) is 34.3 Å². The van der Waals surface area contributed by atoms with Crippen molar-refractivity contribution in [2.45, 2.75) is 6.92 Å². The summed E-state index contributed by atoms with van der Waals surface area (Å²) in [6, 6.07) is 5.44. The fraction of sp³-hybridized carbons (Fsp3) is 0.611. The molecule has 0 radical (unpaired) electrons. The van der Waals surface area contributed by atoms with Gasteiger partial charge in [-0.25, -0.2) is 0 Å². The number of likely N-dealkylation sites (tertiary alicyclic amines) is 1. The van der Waals surface area contributed by atoms with Crippen LogP contribution in [0.25, 0.3) is 0 Å². The number of benzene rings is 1. The van der Waals surface area contributed by atoms with Crippen molar-refractivity contribution in [3.8, 4) is 0 Å². The van der Waals surface area contributed by atoms with Gasteiger partial charge in [-0.1, -0.05) is 17.7 Å². The molecule has 2 saturated heterocycles. The minimum absolute atomic E-state index is 0.000160. The van der Waals surface area contributed by atoms with Crippen molar-refractivity contribution in [1.29, 1.82) is 0 Å². The Morgan fingerprint density at radius 3 is 2.67 bits per heavy atom. The Labute approximate surface area is 148 Å². The molecule has 0 aromatic heterocycles. The monoisotopic (exact) mass is 352 g/mol. The first-order valence-corrected chi connectivity index (χ1v) is 8.92. The average Bonchev–Trinajstić information content (AvgIpc) is 3.00. The number of aliphatic hydroxyl groups excluding tert-OH is 1. The lowest BCUT2D eigenvalue weighted by atomic mass is 9.96. The maximum atomic E-state index is 12.8. The number of hydrogen-bond donors (Lipinski definition) is 1. The van der Waals surface area contributed by atoms with E-state index in [2.05, 4.69) is 4.90 Å². The fourth-order valence-corrected chi connectivity index (χ4v) is 3.72. The van der Waals surface area contributed by atoms with E-state index in [4.69, 9.17) is 16.3 Å². The van der Waals surface area contributed by atoms with Gasteiger partial charge in [-0.2, -0.15) is 0 Å². The van der Waals surface area contributed by atoms with Gasteiger partial charge in [0.1, 0.15) is 0 Å². The van der Waals surface area contributed by atoms with Crippen LogP contribution in [0.4, 0.5) is 0 Å². The van der Waals surface area contributed by atoms with Gasteiger partial charge in [-0.3, -0.25) is 9.69 Å². The lowest BCUT2D eigenvalue weighted by Crippen LogP contribution is -2.41. The summed E-state index contributed by atoms with van der Waals surface area (Å²) in [5.74, 6) is 0.440. The van der Waals surface area contributed by atoms with E-state index in [0.29, 0.717) is 29.6 Å². The number of rotatable bonds is 4. The van der Waals surface area contributed by atoms with E-state index in [1.165, 1.54) is 0 Å². The summed E-state index contributed by atoms with van der Waals surface area (Å²) in [5.41, 5.74) is 1.59. The molecule has 24 heavy (non-hydrogen) atoms. The number of carbonyl (C=O) groups excluding carboxylic acids is 1. The largest absolute Gasteiger partial charge is 0.396 e. The molecule has 0 spiro atoms. The molecule has 2 fully saturated rings. The third-order valence-electron chi connectivity index (χ3n) is 5.11. The maximum absolute atomic E-state index is 12.8. The number of nitrogens with zero attached hydrogens (tertiary/aromatic N) is 2. The molecule has 1 amide bonds. The smallest absolute Gasteiger partial charge is 0.253 e. The molecule has 2 heterocycles. The second kappa shape index (κ2) is 7.83. The highest BCUT2D eigenvalue weighted by atomic mass is 35.5. The van der Waals surface area contributed by atoms with Crippen LogP contribution in [0.1, 0.15) is 15.9 Å². The molecule has 2 aliphatic heterocycles. The summed E-state index contributed by atoms with van der Waals surface area (Å²) >= 11 is 6.15. The van der Waals surface area contributed by atoms with Gasteiger partial charge >= 0.3 is 0 Å². The lowest BCUT2D eigenvalue weighted by molar-refractivity contribution is 0.0264. The Morgan fingerprint density at radius 2 is 2.00 bits per heavy atom. The van der Waals surface area contributed by atoms with Crippen LogP contribution in [-0.2, 0) is 4.74 Å². The van der Waals surface area contributed by atoms with E-state index >= 15 is 0 Å². The molecular formula is C18H25ClN2O3. The average molecular weight is 353 g/mol. The van der Waals surface area contributed by atoms with E-state index in [1.807, 2.05) is 24.0 Å². The molecule has 6 heteroatoms. The Balaban J connectivity index is 1.66. The molecule has 2 atom stereocenters. The minimum atomic E-state index is -0.000160. The van der Waals surface area contributed by atoms with Crippen LogP contribution < -0.4 is 0 Å². The second-order valence-corrected chi connectivity index (χ2v) is 7.20. The Morgan fingerprint density at radius 1 is 1.29 bits per heavy atom. The zero-order valence-corrected chi connectivity index (χ0v) is 14.8. The van der Waals surface area contributed by atoms with E-state index < -0.39 is 0 Å². The van der Waals surface area contributed by atoms with Gasteiger partial charge in [0.25, 0.3) is 5.91 Å². The summed E-state index contributed by atoms with van der Waals surface area (Å²) < 4.78 is 5.39. The quantitative estimate of drug-likeness (QED) is 0.895. The zero-order valence-electron chi connectivity index (χ0n) is 14.1.